The number of halogens is 4. The van der Waals surface area contributed by atoms with Gasteiger partial charge in [0.05, 0.1) is 11.1 Å². The lowest BCUT2D eigenvalue weighted by Crippen LogP contribution is -2.19. The highest BCUT2D eigenvalue weighted by atomic mass is 35.5. The fourth-order valence-electron chi connectivity index (χ4n) is 3.33. The van der Waals surface area contributed by atoms with E-state index in [1.807, 2.05) is 23.6 Å². The van der Waals surface area contributed by atoms with Crippen LogP contribution >= 0.6 is 11.6 Å². The summed E-state index contributed by atoms with van der Waals surface area (Å²) in [5.41, 5.74) is 0.956. The summed E-state index contributed by atoms with van der Waals surface area (Å²) in [4.78, 5) is 13.3. The quantitative estimate of drug-likeness (QED) is 0.594. The first-order valence-corrected chi connectivity index (χ1v) is 9.30. The predicted molar refractivity (Wildman–Crippen MR) is 107 cm³/mol. The minimum absolute atomic E-state index is 0.0281. The Labute approximate surface area is 171 Å². The topological polar surface area (TPSA) is 45.5 Å². The van der Waals surface area contributed by atoms with Gasteiger partial charge in [-0.2, -0.15) is 13.2 Å². The third-order valence-electron chi connectivity index (χ3n) is 4.75. The van der Waals surface area contributed by atoms with Gasteiger partial charge in [0.15, 0.2) is 0 Å². The molecule has 0 aliphatic carbocycles. The SMILES string of the molecule is CN(C)CCn1c(Cc2ccc(Cl)cc2C(F)(F)F)cc2cc(C(=O)O)ccc21. The van der Waals surface area contributed by atoms with Crippen LogP contribution in [-0.2, 0) is 19.1 Å². The molecule has 3 rings (SSSR count). The van der Waals surface area contributed by atoms with Gasteiger partial charge in [0, 0.05) is 41.1 Å². The molecule has 0 aliphatic rings. The fraction of sp³-hybridized carbons (Fsp3) is 0.286. The Bertz CT molecular complexity index is 1060. The molecular formula is C21H20ClF3N2O2. The maximum atomic E-state index is 13.5. The van der Waals surface area contributed by atoms with Gasteiger partial charge in [-0.1, -0.05) is 17.7 Å². The van der Waals surface area contributed by atoms with E-state index >= 15 is 0 Å². The zero-order valence-electron chi connectivity index (χ0n) is 15.9. The third kappa shape index (κ3) is 4.74. The molecule has 0 bridgehead atoms. The van der Waals surface area contributed by atoms with Crippen LogP contribution in [0.5, 0.6) is 0 Å². The minimum atomic E-state index is -4.52. The van der Waals surface area contributed by atoms with Gasteiger partial charge in [-0.25, -0.2) is 4.79 Å². The summed E-state index contributed by atoms with van der Waals surface area (Å²) in [7, 11) is 3.82. The molecule has 0 radical (unpaired) electrons. The highest BCUT2D eigenvalue weighted by Crippen LogP contribution is 2.35. The van der Waals surface area contributed by atoms with E-state index < -0.39 is 17.7 Å². The number of hydrogen-bond acceptors (Lipinski definition) is 2. The molecule has 1 heterocycles. The van der Waals surface area contributed by atoms with Gasteiger partial charge in [-0.3, -0.25) is 0 Å². The molecule has 0 saturated carbocycles. The number of carbonyl (C=O) groups is 1. The number of alkyl halides is 3. The summed E-state index contributed by atoms with van der Waals surface area (Å²) < 4.78 is 42.4. The minimum Gasteiger partial charge on any atom is -0.478 e. The molecule has 0 aliphatic heterocycles. The number of benzene rings is 2. The Morgan fingerprint density at radius 1 is 1.14 bits per heavy atom. The van der Waals surface area contributed by atoms with E-state index in [9.17, 15) is 23.1 Å². The second kappa shape index (κ2) is 8.08. The molecule has 1 N–H and O–H groups in total. The number of carboxylic acids is 1. The summed E-state index contributed by atoms with van der Waals surface area (Å²) in [5.74, 6) is -1.05. The normalized spacial score (nSPS) is 12.1. The van der Waals surface area contributed by atoms with E-state index in [4.69, 9.17) is 11.6 Å². The number of hydrogen-bond donors (Lipinski definition) is 1. The van der Waals surface area contributed by atoms with Crippen molar-refractivity contribution in [2.24, 2.45) is 0 Å². The van der Waals surface area contributed by atoms with Crippen LogP contribution in [0, 0.1) is 0 Å². The molecule has 0 amide bonds. The zero-order chi connectivity index (χ0) is 21.3. The van der Waals surface area contributed by atoms with Crippen LogP contribution in [0.4, 0.5) is 13.2 Å². The maximum absolute atomic E-state index is 13.5. The lowest BCUT2D eigenvalue weighted by Gasteiger charge is -2.17. The van der Waals surface area contributed by atoms with Gasteiger partial charge in [-0.15, -0.1) is 0 Å². The number of likely N-dealkylation sites (N-methyl/N-ethyl adjacent to an activating group) is 1. The van der Waals surface area contributed by atoms with Crippen molar-refractivity contribution >= 4 is 28.5 Å². The molecule has 0 atom stereocenters. The van der Waals surface area contributed by atoms with Crippen LogP contribution < -0.4 is 0 Å². The summed E-state index contributed by atoms with van der Waals surface area (Å²) in [6, 6.07) is 10.3. The number of nitrogens with zero attached hydrogens (tertiary/aromatic N) is 2. The number of aromatic nitrogens is 1. The largest absolute Gasteiger partial charge is 0.478 e. The van der Waals surface area contributed by atoms with Crippen molar-refractivity contribution in [1.82, 2.24) is 9.47 Å². The van der Waals surface area contributed by atoms with Crippen LogP contribution in [0.25, 0.3) is 10.9 Å². The summed E-state index contributed by atoms with van der Waals surface area (Å²) in [5, 5.41) is 9.94. The van der Waals surface area contributed by atoms with E-state index in [0.717, 1.165) is 11.6 Å². The molecule has 1 aromatic heterocycles. The second-order valence-electron chi connectivity index (χ2n) is 7.15. The van der Waals surface area contributed by atoms with Crippen molar-refractivity contribution in [3.63, 3.8) is 0 Å². The molecule has 154 valence electrons. The maximum Gasteiger partial charge on any atom is 0.416 e. The Balaban J connectivity index is 2.11. The van der Waals surface area contributed by atoms with Crippen molar-refractivity contribution in [2.45, 2.75) is 19.1 Å². The molecule has 3 aromatic rings. The van der Waals surface area contributed by atoms with Gasteiger partial charge in [-0.05, 0) is 56.1 Å². The van der Waals surface area contributed by atoms with Crippen molar-refractivity contribution in [3.05, 3.63) is 69.9 Å². The highest BCUT2D eigenvalue weighted by Gasteiger charge is 2.33. The van der Waals surface area contributed by atoms with E-state index in [0.29, 0.717) is 24.2 Å². The molecule has 0 fully saturated rings. The lowest BCUT2D eigenvalue weighted by atomic mass is 10.0. The molecule has 0 spiro atoms. The first kappa shape index (κ1) is 21.2. The molecule has 2 aromatic carbocycles. The van der Waals surface area contributed by atoms with Crippen LogP contribution in [0.2, 0.25) is 5.02 Å². The van der Waals surface area contributed by atoms with Crippen LogP contribution in [-0.4, -0.2) is 41.2 Å². The lowest BCUT2D eigenvalue weighted by molar-refractivity contribution is -0.138. The number of aromatic carboxylic acids is 1. The summed E-state index contributed by atoms with van der Waals surface area (Å²) >= 11 is 5.79. The smallest absolute Gasteiger partial charge is 0.416 e. The van der Waals surface area contributed by atoms with Gasteiger partial charge in [0.2, 0.25) is 0 Å². The Kier molecular flexibility index (Phi) is 5.91. The van der Waals surface area contributed by atoms with Gasteiger partial charge < -0.3 is 14.6 Å². The van der Waals surface area contributed by atoms with Crippen LogP contribution in [0.3, 0.4) is 0 Å². The number of fused-ring (bicyclic) bond motifs is 1. The van der Waals surface area contributed by atoms with E-state index in [2.05, 4.69) is 0 Å². The van der Waals surface area contributed by atoms with Crippen LogP contribution in [0.15, 0.2) is 42.5 Å². The van der Waals surface area contributed by atoms with Gasteiger partial charge in [0.25, 0.3) is 0 Å². The number of rotatable bonds is 6. The van der Waals surface area contributed by atoms with E-state index in [1.54, 1.807) is 18.2 Å². The van der Waals surface area contributed by atoms with Crippen LogP contribution in [0.1, 0.15) is 27.2 Å². The monoisotopic (exact) mass is 424 g/mol. The zero-order valence-corrected chi connectivity index (χ0v) is 16.7. The average molecular weight is 425 g/mol. The molecule has 8 heteroatoms. The van der Waals surface area contributed by atoms with E-state index in [-0.39, 0.29) is 22.6 Å². The number of carboxylic acid groups (broad SMARTS) is 1. The predicted octanol–water partition coefficient (Wildman–Crippen LogP) is 5.16. The standard InChI is InChI=1S/C21H20ClF3N2O2/c1-26(2)7-8-27-17(11-15-9-14(20(28)29)4-6-19(15)27)10-13-3-5-16(22)12-18(13)21(23,24)25/h3-6,9,11-12H,7-8,10H2,1-2H3,(H,28,29). The molecule has 0 saturated heterocycles. The van der Waals surface area contributed by atoms with Crippen molar-refractivity contribution in [3.8, 4) is 0 Å². The fourth-order valence-corrected chi connectivity index (χ4v) is 3.51. The van der Waals surface area contributed by atoms with E-state index in [1.165, 1.54) is 18.2 Å². The Morgan fingerprint density at radius 3 is 2.48 bits per heavy atom. The van der Waals surface area contributed by atoms with Gasteiger partial charge >= 0.3 is 12.1 Å². The van der Waals surface area contributed by atoms with Crippen molar-refractivity contribution in [2.75, 3.05) is 20.6 Å². The molecular weight excluding hydrogens is 405 g/mol. The first-order chi connectivity index (χ1) is 13.6. The molecule has 29 heavy (non-hydrogen) atoms. The third-order valence-corrected chi connectivity index (χ3v) is 4.99. The Hall–Kier alpha value is -2.51. The Morgan fingerprint density at radius 2 is 1.86 bits per heavy atom. The van der Waals surface area contributed by atoms with Gasteiger partial charge in [0.1, 0.15) is 0 Å². The first-order valence-electron chi connectivity index (χ1n) is 8.92. The van der Waals surface area contributed by atoms with Crippen molar-refractivity contribution < 1.29 is 23.1 Å². The van der Waals surface area contributed by atoms with Crippen molar-refractivity contribution in [1.29, 1.82) is 0 Å². The average Bonchev–Trinajstić information content (AvgIpc) is 2.96. The molecule has 0 unspecified atom stereocenters. The molecule has 4 nitrogen and oxygen atoms in total. The highest BCUT2D eigenvalue weighted by molar-refractivity contribution is 6.30. The second-order valence-corrected chi connectivity index (χ2v) is 7.58. The summed E-state index contributed by atoms with van der Waals surface area (Å²) in [6.45, 7) is 1.25. The summed E-state index contributed by atoms with van der Waals surface area (Å²) in [6.07, 6.45) is -4.46.